The van der Waals surface area contributed by atoms with Crippen molar-refractivity contribution in [2.24, 2.45) is 17.8 Å². The van der Waals surface area contributed by atoms with Crippen LogP contribution in [0.2, 0.25) is 0 Å². The van der Waals surface area contributed by atoms with Gasteiger partial charge < -0.3 is 5.32 Å². The molecule has 0 aromatic heterocycles. The summed E-state index contributed by atoms with van der Waals surface area (Å²) in [7, 11) is 0. The quantitative estimate of drug-likeness (QED) is 0.851. The number of hydrogen-bond donors (Lipinski definition) is 1. The van der Waals surface area contributed by atoms with E-state index in [0.29, 0.717) is 6.04 Å². The molecule has 0 saturated heterocycles. The first kappa shape index (κ1) is 13.3. The van der Waals surface area contributed by atoms with E-state index < -0.39 is 0 Å². The van der Waals surface area contributed by atoms with Crippen molar-refractivity contribution >= 4 is 10.8 Å². The third-order valence-corrected chi connectivity index (χ3v) is 5.93. The summed E-state index contributed by atoms with van der Waals surface area (Å²) in [6.07, 6.45) is 5.95. The number of benzene rings is 2. The van der Waals surface area contributed by atoms with Crippen molar-refractivity contribution < 1.29 is 0 Å². The van der Waals surface area contributed by atoms with Gasteiger partial charge in [0.25, 0.3) is 0 Å². The van der Waals surface area contributed by atoms with Crippen LogP contribution in [0.15, 0.2) is 42.5 Å². The molecular weight excluding hydrogens is 254 g/mol. The van der Waals surface area contributed by atoms with E-state index in [4.69, 9.17) is 0 Å². The van der Waals surface area contributed by atoms with Gasteiger partial charge in [0.2, 0.25) is 0 Å². The van der Waals surface area contributed by atoms with E-state index in [-0.39, 0.29) is 0 Å². The second kappa shape index (κ2) is 5.46. The molecule has 1 nitrogen and oxygen atoms in total. The summed E-state index contributed by atoms with van der Waals surface area (Å²) < 4.78 is 0. The van der Waals surface area contributed by atoms with Gasteiger partial charge in [0, 0.05) is 12.6 Å². The average molecular weight is 279 g/mol. The topological polar surface area (TPSA) is 12.0 Å². The van der Waals surface area contributed by atoms with Gasteiger partial charge in [0.05, 0.1) is 0 Å². The number of nitrogens with one attached hydrogen (secondary N) is 1. The highest BCUT2D eigenvalue weighted by molar-refractivity contribution is 5.85. The molecule has 2 aliphatic rings. The lowest BCUT2D eigenvalue weighted by atomic mass is 9.84. The van der Waals surface area contributed by atoms with Crippen LogP contribution in [0.3, 0.4) is 0 Å². The lowest BCUT2D eigenvalue weighted by Crippen LogP contribution is -2.35. The fourth-order valence-electron chi connectivity index (χ4n) is 4.78. The Morgan fingerprint density at radius 3 is 2.71 bits per heavy atom. The molecule has 2 fully saturated rings. The molecule has 0 amide bonds. The van der Waals surface area contributed by atoms with E-state index in [2.05, 4.69) is 54.7 Å². The average Bonchev–Trinajstić information content (AvgIpc) is 3.15. The Labute approximate surface area is 127 Å². The van der Waals surface area contributed by atoms with Crippen LogP contribution in [0.25, 0.3) is 10.8 Å². The van der Waals surface area contributed by atoms with Crippen LogP contribution >= 0.6 is 0 Å². The summed E-state index contributed by atoms with van der Waals surface area (Å²) >= 11 is 0. The molecule has 0 aliphatic heterocycles. The van der Waals surface area contributed by atoms with Crippen molar-refractivity contribution in [1.29, 1.82) is 0 Å². The maximum absolute atomic E-state index is 3.82. The molecule has 2 aromatic rings. The van der Waals surface area contributed by atoms with Gasteiger partial charge in [-0.3, -0.25) is 0 Å². The predicted molar refractivity (Wildman–Crippen MR) is 89.2 cm³/mol. The van der Waals surface area contributed by atoms with Crippen molar-refractivity contribution in [3.8, 4) is 0 Å². The summed E-state index contributed by atoms with van der Waals surface area (Å²) in [5.74, 6) is 2.96. The largest absolute Gasteiger partial charge is 0.310 e. The van der Waals surface area contributed by atoms with Crippen LogP contribution < -0.4 is 5.32 Å². The molecule has 2 saturated carbocycles. The summed E-state index contributed by atoms with van der Waals surface area (Å²) in [6, 6.07) is 16.0. The lowest BCUT2D eigenvalue weighted by molar-refractivity contribution is 0.259. The minimum atomic E-state index is 0.652. The Balaban J connectivity index is 1.46. The summed E-state index contributed by atoms with van der Waals surface area (Å²) in [6.45, 7) is 3.40. The van der Waals surface area contributed by atoms with Crippen molar-refractivity contribution in [2.75, 3.05) is 0 Å². The smallest absolute Gasteiger partial charge is 0.0214 e. The minimum Gasteiger partial charge on any atom is -0.310 e. The SMILES string of the molecule is CC(NCc1cccc2ccccc12)C1CC2CCC1C2. The van der Waals surface area contributed by atoms with Crippen LogP contribution in [0.5, 0.6) is 0 Å². The number of fused-ring (bicyclic) bond motifs is 3. The molecule has 0 spiro atoms. The van der Waals surface area contributed by atoms with Gasteiger partial charge in [0.15, 0.2) is 0 Å². The van der Waals surface area contributed by atoms with Crippen LogP contribution in [-0.4, -0.2) is 6.04 Å². The van der Waals surface area contributed by atoms with Gasteiger partial charge in [-0.15, -0.1) is 0 Å². The fraction of sp³-hybridized carbons (Fsp3) is 0.500. The van der Waals surface area contributed by atoms with E-state index in [1.165, 1.54) is 42.0 Å². The highest BCUT2D eigenvalue weighted by atomic mass is 14.9. The van der Waals surface area contributed by atoms with E-state index in [1.807, 2.05) is 0 Å². The lowest BCUT2D eigenvalue weighted by Gasteiger charge is -2.28. The van der Waals surface area contributed by atoms with Crippen LogP contribution in [0.1, 0.15) is 38.2 Å². The highest BCUT2D eigenvalue weighted by Crippen LogP contribution is 2.49. The standard InChI is InChI=1S/C20H25N/c1-14(20-12-15-9-10-17(20)11-15)21-13-18-7-4-6-16-5-2-3-8-19(16)18/h2-8,14-15,17,20-21H,9-13H2,1H3. The van der Waals surface area contributed by atoms with Crippen molar-refractivity contribution in [2.45, 2.75) is 45.2 Å². The van der Waals surface area contributed by atoms with E-state index >= 15 is 0 Å². The van der Waals surface area contributed by atoms with E-state index in [0.717, 1.165) is 24.3 Å². The number of hydrogen-bond acceptors (Lipinski definition) is 1. The first-order chi connectivity index (χ1) is 10.3. The highest BCUT2D eigenvalue weighted by Gasteiger charge is 2.41. The fourth-order valence-corrected chi connectivity index (χ4v) is 4.78. The molecule has 110 valence electrons. The molecule has 0 radical (unpaired) electrons. The molecule has 1 heteroatoms. The summed E-state index contributed by atoms with van der Waals surface area (Å²) in [5, 5.41) is 6.57. The molecule has 4 atom stereocenters. The Kier molecular flexibility index (Phi) is 3.46. The Hall–Kier alpha value is -1.34. The van der Waals surface area contributed by atoms with Gasteiger partial charge in [-0.25, -0.2) is 0 Å². The van der Waals surface area contributed by atoms with Gasteiger partial charge in [-0.2, -0.15) is 0 Å². The first-order valence-corrected chi connectivity index (χ1v) is 8.51. The first-order valence-electron chi connectivity index (χ1n) is 8.51. The molecule has 2 aromatic carbocycles. The molecule has 4 rings (SSSR count). The van der Waals surface area contributed by atoms with Gasteiger partial charge in [-0.1, -0.05) is 48.9 Å². The maximum Gasteiger partial charge on any atom is 0.0214 e. The van der Waals surface area contributed by atoms with E-state index in [9.17, 15) is 0 Å². The molecule has 1 N–H and O–H groups in total. The van der Waals surface area contributed by atoms with Crippen LogP contribution in [0, 0.1) is 17.8 Å². The Morgan fingerprint density at radius 2 is 1.90 bits per heavy atom. The van der Waals surface area contributed by atoms with Crippen LogP contribution in [-0.2, 0) is 6.54 Å². The Bertz CT molecular complexity index is 627. The third-order valence-electron chi connectivity index (χ3n) is 5.93. The molecule has 4 unspecified atom stereocenters. The second-order valence-corrected chi connectivity index (χ2v) is 7.15. The molecule has 21 heavy (non-hydrogen) atoms. The van der Waals surface area contributed by atoms with E-state index in [1.54, 1.807) is 0 Å². The van der Waals surface area contributed by atoms with Crippen LogP contribution in [0.4, 0.5) is 0 Å². The molecule has 0 heterocycles. The minimum absolute atomic E-state index is 0.652. The second-order valence-electron chi connectivity index (χ2n) is 7.15. The normalized spacial score (nSPS) is 29.1. The number of rotatable bonds is 4. The zero-order valence-electron chi connectivity index (χ0n) is 12.9. The zero-order valence-corrected chi connectivity index (χ0v) is 12.9. The van der Waals surface area contributed by atoms with Gasteiger partial charge in [-0.05, 0) is 60.3 Å². The van der Waals surface area contributed by atoms with Gasteiger partial charge >= 0.3 is 0 Å². The van der Waals surface area contributed by atoms with Crippen molar-refractivity contribution in [3.05, 3.63) is 48.0 Å². The third kappa shape index (κ3) is 2.48. The molecular formula is C20H25N. The monoisotopic (exact) mass is 279 g/mol. The molecule has 2 aliphatic carbocycles. The summed E-state index contributed by atoms with van der Waals surface area (Å²) in [4.78, 5) is 0. The van der Waals surface area contributed by atoms with Crippen molar-refractivity contribution in [1.82, 2.24) is 5.32 Å². The summed E-state index contributed by atoms with van der Waals surface area (Å²) in [5.41, 5.74) is 1.43. The Morgan fingerprint density at radius 1 is 1.05 bits per heavy atom. The zero-order chi connectivity index (χ0) is 14.2. The molecule has 2 bridgehead atoms. The predicted octanol–water partition coefficient (Wildman–Crippen LogP) is 4.75. The van der Waals surface area contributed by atoms with Crippen molar-refractivity contribution in [3.63, 3.8) is 0 Å². The van der Waals surface area contributed by atoms with Gasteiger partial charge in [0.1, 0.15) is 0 Å². The maximum atomic E-state index is 3.82.